The molecule has 0 atom stereocenters. The molecule has 3 aromatic rings. The lowest BCUT2D eigenvalue weighted by atomic mass is 10.1. The molecule has 0 radical (unpaired) electrons. The number of nitrogens with zero attached hydrogens (tertiary/aromatic N) is 4. The van der Waals surface area contributed by atoms with Gasteiger partial charge in [0.15, 0.2) is 0 Å². The molecule has 2 aromatic heterocycles. The highest BCUT2D eigenvalue weighted by Crippen LogP contribution is 2.20. The average Bonchev–Trinajstić information content (AvgIpc) is 3.08. The summed E-state index contributed by atoms with van der Waals surface area (Å²) in [6.45, 7) is 1.61. The predicted octanol–water partition coefficient (Wildman–Crippen LogP) is 2.03. The van der Waals surface area contributed by atoms with Crippen LogP contribution in [0.1, 0.15) is 0 Å². The largest absolute Gasteiger partial charge is 0.399 e. The van der Waals surface area contributed by atoms with E-state index in [9.17, 15) is 0 Å². The summed E-state index contributed by atoms with van der Waals surface area (Å²) in [7, 11) is 0. The SMILES string of the molecule is Nc1cccc(-c2cnn(CCn3cccn3)c2)c1. The molecule has 1 aromatic carbocycles. The zero-order valence-corrected chi connectivity index (χ0v) is 10.5. The quantitative estimate of drug-likeness (QED) is 0.724. The third-order valence-electron chi connectivity index (χ3n) is 2.97. The summed E-state index contributed by atoms with van der Waals surface area (Å²) in [4.78, 5) is 0. The number of anilines is 1. The van der Waals surface area contributed by atoms with Crippen LogP contribution in [0.4, 0.5) is 5.69 Å². The molecule has 5 heteroatoms. The van der Waals surface area contributed by atoms with E-state index in [-0.39, 0.29) is 0 Å². The van der Waals surface area contributed by atoms with Gasteiger partial charge in [-0.2, -0.15) is 10.2 Å². The first-order chi connectivity index (χ1) is 9.31. The van der Waals surface area contributed by atoms with Crippen molar-refractivity contribution in [3.63, 3.8) is 0 Å². The van der Waals surface area contributed by atoms with Gasteiger partial charge in [0, 0.05) is 29.8 Å². The highest BCUT2D eigenvalue weighted by molar-refractivity contribution is 5.65. The summed E-state index contributed by atoms with van der Waals surface area (Å²) in [6.07, 6.45) is 7.61. The average molecular weight is 253 g/mol. The summed E-state index contributed by atoms with van der Waals surface area (Å²) in [5.41, 5.74) is 8.72. The number of aryl methyl sites for hydroxylation is 2. The van der Waals surface area contributed by atoms with E-state index in [0.717, 1.165) is 29.9 Å². The minimum atomic E-state index is 0.766. The van der Waals surface area contributed by atoms with E-state index in [0.29, 0.717) is 0 Å². The molecule has 0 fully saturated rings. The second kappa shape index (κ2) is 4.97. The fourth-order valence-electron chi connectivity index (χ4n) is 1.99. The second-order valence-corrected chi connectivity index (χ2v) is 4.39. The molecular weight excluding hydrogens is 238 g/mol. The van der Waals surface area contributed by atoms with Crippen LogP contribution in [0.15, 0.2) is 55.1 Å². The number of benzene rings is 1. The summed E-state index contributed by atoms with van der Waals surface area (Å²) < 4.78 is 3.81. The Bertz CT molecular complexity index is 654. The molecule has 19 heavy (non-hydrogen) atoms. The number of hydrogen-bond donors (Lipinski definition) is 1. The van der Waals surface area contributed by atoms with Gasteiger partial charge in [0.1, 0.15) is 0 Å². The van der Waals surface area contributed by atoms with Crippen molar-refractivity contribution >= 4 is 5.69 Å². The summed E-state index contributed by atoms with van der Waals surface area (Å²) in [6, 6.07) is 9.73. The van der Waals surface area contributed by atoms with E-state index >= 15 is 0 Å². The van der Waals surface area contributed by atoms with Crippen molar-refractivity contribution in [2.75, 3.05) is 5.73 Å². The van der Waals surface area contributed by atoms with E-state index in [1.807, 2.05) is 58.3 Å². The minimum absolute atomic E-state index is 0.766. The molecule has 0 saturated carbocycles. The number of rotatable bonds is 4. The predicted molar refractivity (Wildman–Crippen MR) is 74.3 cm³/mol. The molecule has 5 nitrogen and oxygen atoms in total. The molecule has 96 valence electrons. The first kappa shape index (κ1) is 11.5. The van der Waals surface area contributed by atoms with Gasteiger partial charge in [0.05, 0.1) is 19.3 Å². The van der Waals surface area contributed by atoms with E-state index in [4.69, 9.17) is 5.73 Å². The van der Waals surface area contributed by atoms with E-state index < -0.39 is 0 Å². The standard InChI is InChI=1S/C14H15N5/c15-14-4-1-3-12(9-14)13-10-17-19(11-13)8-7-18-6-2-5-16-18/h1-6,9-11H,7-8,15H2. The number of hydrogen-bond acceptors (Lipinski definition) is 3. The van der Waals surface area contributed by atoms with Crippen LogP contribution in [0.2, 0.25) is 0 Å². The molecule has 0 bridgehead atoms. The van der Waals surface area contributed by atoms with Crippen molar-refractivity contribution in [1.29, 1.82) is 0 Å². The van der Waals surface area contributed by atoms with Crippen LogP contribution in [0.5, 0.6) is 0 Å². The lowest BCUT2D eigenvalue weighted by Crippen LogP contribution is -2.07. The van der Waals surface area contributed by atoms with Gasteiger partial charge in [-0.1, -0.05) is 12.1 Å². The zero-order valence-electron chi connectivity index (χ0n) is 10.5. The van der Waals surface area contributed by atoms with Crippen molar-refractivity contribution in [3.8, 4) is 11.1 Å². The van der Waals surface area contributed by atoms with Gasteiger partial charge in [0.2, 0.25) is 0 Å². The molecule has 0 amide bonds. The van der Waals surface area contributed by atoms with Crippen LogP contribution in [-0.4, -0.2) is 19.6 Å². The monoisotopic (exact) mass is 253 g/mol. The van der Waals surface area contributed by atoms with Crippen LogP contribution < -0.4 is 5.73 Å². The summed E-state index contributed by atoms with van der Waals surface area (Å²) in [5.74, 6) is 0. The summed E-state index contributed by atoms with van der Waals surface area (Å²) in [5, 5.41) is 8.52. The molecular formula is C14H15N5. The van der Waals surface area contributed by atoms with Crippen LogP contribution in [0.25, 0.3) is 11.1 Å². The Morgan fingerprint density at radius 1 is 1.00 bits per heavy atom. The smallest absolute Gasteiger partial charge is 0.0605 e. The van der Waals surface area contributed by atoms with Gasteiger partial charge in [0.25, 0.3) is 0 Å². The highest BCUT2D eigenvalue weighted by Gasteiger charge is 2.02. The highest BCUT2D eigenvalue weighted by atomic mass is 15.3. The van der Waals surface area contributed by atoms with Gasteiger partial charge in [-0.05, 0) is 23.8 Å². The Kier molecular flexibility index (Phi) is 3.02. The van der Waals surface area contributed by atoms with E-state index in [1.54, 1.807) is 6.20 Å². The van der Waals surface area contributed by atoms with Gasteiger partial charge in [-0.15, -0.1) is 0 Å². The lowest BCUT2D eigenvalue weighted by Gasteiger charge is -2.02. The van der Waals surface area contributed by atoms with Crippen molar-refractivity contribution < 1.29 is 0 Å². The van der Waals surface area contributed by atoms with E-state index in [1.165, 1.54) is 0 Å². The van der Waals surface area contributed by atoms with Gasteiger partial charge < -0.3 is 5.73 Å². The number of nitrogens with two attached hydrogens (primary N) is 1. The molecule has 0 saturated heterocycles. The Morgan fingerprint density at radius 3 is 2.68 bits per heavy atom. The maximum atomic E-state index is 5.79. The molecule has 0 unspecified atom stereocenters. The normalized spacial score (nSPS) is 10.7. The molecule has 0 aliphatic carbocycles. The minimum Gasteiger partial charge on any atom is -0.399 e. The van der Waals surface area contributed by atoms with Crippen LogP contribution in [0, 0.1) is 0 Å². The van der Waals surface area contributed by atoms with Gasteiger partial charge in [-0.3, -0.25) is 9.36 Å². The zero-order chi connectivity index (χ0) is 13.1. The second-order valence-electron chi connectivity index (χ2n) is 4.39. The Hall–Kier alpha value is -2.56. The van der Waals surface area contributed by atoms with Gasteiger partial charge >= 0.3 is 0 Å². The Morgan fingerprint density at radius 2 is 1.89 bits per heavy atom. The molecule has 3 rings (SSSR count). The first-order valence-corrected chi connectivity index (χ1v) is 6.17. The molecule has 0 aliphatic heterocycles. The van der Waals surface area contributed by atoms with E-state index in [2.05, 4.69) is 10.2 Å². The Labute approximate surface area is 111 Å². The molecule has 0 aliphatic rings. The van der Waals surface area contributed by atoms with Gasteiger partial charge in [-0.25, -0.2) is 0 Å². The van der Waals surface area contributed by atoms with Crippen molar-refractivity contribution in [3.05, 3.63) is 55.1 Å². The fourth-order valence-corrected chi connectivity index (χ4v) is 1.99. The van der Waals surface area contributed by atoms with Crippen LogP contribution >= 0.6 is 0 Å². The molecule has 2 N–H and O–H groups in total. The number of nitrogen functional groups attached to an aromatic ring is 1. The van der Waals surface area contributed by atoms with Crippen LogP contribution in [-0.2, 0) is 13.1 Å². The molecule has 0 spiro atoms. The Balaban J connectivity index is 1.72. The third kappa shape index (κ3) is 2.65. The maximum absolute atomic E-state index is 5.79. The topological polar surface area (TPSA) is 61.7 Å². The fraction of sp³-hybridized carbons (Fsp3) is 0.143. The maximum Gasteiger partial charge on any atom is 0.0605 e. The van der Waals surface area contributed by atoms with Crippen LogP contribution in [0.3, 0.4) is 0 Å². The number of aromatic nitrogens is 4. The lowest BCUT2D eigenvalue weighted by molar-refractivity contribution is 0.500. The van der Waals surface area contributed by atoms with Crippen molar-refractivity contribution in [2.45, 2.75) is 13.1 Å². The summed E-state index contributed by atoms with van der Waals surface area (Å²) >= 11 is 0. The van der Waals surface area contributed by atoms with Crippen molar-refractivity contribution in [2.24, 2.45) is 0 Å². The third-order valence-corrected chi connectivity index (χ3v) is 2.97. The first-order valence-electron chi connectivity index (χ1n) is 6.17. The van der Waals surface area contributed by atoms with Crippen molar-refractivity contribution in [1.82, 2.24) is 19.6 Å². The molecule has 2 heterocycles.